The molecule has 0 unspecified atom stereocenters. The summed E-state index contributed by atoms with van der Waals surface area (Å²) in [5, 5.41) is 4.59. The summed E-state index contributed by atoms with van der Waals surface area (Å²) >= 11 is 0. The van der Waals surface area contributed by atoms with E-state index in [9.17, 15) is 14.4 Å². The number of rotatable bonds is 5. The summed E-state index contributed by atoms with van der Waals surface area (Å²) in [5.41, 5.74) is 8.56. The fourth-order valence-corrected chi connectivity index (χ4v) is 3.06. The molecule has 0 radical (unpaired) electrons. The fourth-order valence-electron chi connectivity index (χ4n) is 3.06. The number of carbonyl (C=O) groups excluding carboxylic acids is 3. The molecule has 0 aliphatic carbocycles. The minimum Gasteiger partial charge on any atom is -0.497 e. The first-order chi connectivity index (χ1) is 14.4. The standard InChI is InChI=1S/C21H21N5O4/c1-13-3-4-14(19(22)24-13)5-7-16(25-21(29)23-12-27)11-26-10-15-6-8-17(30-2)9-18(15)20(26)28/h3-4,6,8-9,12,16H,10-11H2,1-2H3,(H2,22,24)(H2,23,25,27,29)/t16-/m1/s1. The van der Waals surface area contributed by atoms with Crippen LogP contribution in [0.1, 0.15) is 27.2 Å². The van der Waals surface area contributed by atoms with Gasteiger partial charge in [0.15, 0.2) is 0 Å². The van der Waals surface area contributed by atoms with Gasteiger partial charge in [0.1, 0.15) is 17.6 Å². The largest absolute Gasteiger partial charge is 0.497 e. The van der Waals surface area contributed by atoms with E-state index in [1.54, 1.807) is 29.2 Å². The number of fused-ring (bicyclic) bond motifs is 1. The van der Waals surface area contributed by atoms with Crippen molar-refractivity contribution in [2.75, 3.05) is 19.4 Å². The molecule has 1 aliphatic rings. The Morgan fingerprint density at radius 1 is 1.40 bits per heavy atom. The van der Waals surface area contributed by atoms with E-state index >= 15 is 0 Å². The number of aromatic nitrogens is 1. The second-order valence-corrected chi connectivity index (χ2v) is 6.65. The van der Waals surface area contributed by atoms with Gasteiger partial charge in [0.05, 0.1) is 19.2 Å². The molecule has 3 rings (SSSR count). The van der Waals surface area contributed by atoms with Gasteiger partial charge in [-0.05, 0) is 36.8 Å². The Balaban J connectivity index is 1.81. The number of benzene rings is 1. The van der Waals surface area contributed by atoms with Gasteiger partial charge in [-0.15, -0.1) is 0 Å². The molecule has 1 aromatic heterocycles. The molecule has 1 atom stereocenters. The lowest BCUT2D eigenvalue weighted by molar-refractivity contribution is -0.108. The zero-order valence-electron chi connectivity index (χ0n) is 16.6. The van der Waals surface area contributed by atoms with Gasteiger partial charge in [-0.2, -0.15) is 0 Å². The fraction of sp³-hybridized carbons (Fsp3) is 0.238. The molecule has 4 N–H and O–H groups in total. The highest BCUT2D eigenvalue weighted by Crippen LogP contribution is 2.26. The molecule has 0 saturated heterocycles. The van der Waals surface area contributed by atoms with Gasteiger partial charge in [-0.25, -0.2) is 9.78 Å². The summed E-state index contributed by atoms with van der Waals surface area (Å²) < 4.78 is 5.18. The summed E-state index contributed by atoms with van der Waals surface area (Å²) in [5.74, 6) is 6.47. The number of aryl methyl sites for hydroxylation is 1. The van der Waals surface area contributed by atoms with Gasteiger partial charge in [0.2, 0.25) is 6.41 Å². The number of carbonyl (C=O) groups is 3. The summed E-state index contributed by atoms with van der Waals surface area (Å²) in [7, 11) is 1.53. The molecule has 9 heteroatoms. The molecule has 9 nitrogen and oxygen atoms in total. The Kier molecular flexibility index (Phi) is 6.17. The maximum atomic E-state index is 12.8. The lowest BCUT2D eigenvalue weighted by Gasteiger charge is -2.21. The normalized spacial score (nSPS) is 13.0. The average molecular weight is 407 g/mol. The van der Waals surface area contributed by atoms with Crippen LogP contribution in [-0.4, -0.2) is 47.9 Å². The lowest BCUT2D eigenvalue weighted by Crippen LogP contribution is -2.46. The highest BCUT2D eigenvalue weighted by molar-refractivity contribution is 5.98. The number of pyridine rings is 1. The third kappa shape index (κ3) is 4.67. The van der Waals surface area contributed by atoms with Crippen molar-refractivity contribution >= 4 is 24.2 Å². The summed E-state index contributed by atoms with van der Waals surface area (Å²) in [4.78, 5) is 40.9. The van der Waals surface area contributed by atoms with Gasteiger partial charge < -0.3 is 20.7 Å². The van der Waals surface area contributed by atoms with Crippen molar-refractivity contribution < 1.29 is 19.1 Å². The van der Waals surface area contributed by atoms with Gasteiger partial charge in [-0.1, -0.05) is 17.9 Å². The molecule has 0 fully saturated rings. The Labute approximate surface area is 173 Å². The predicted molar refractivity (Wildman–Crippen MR) is 110 cm³/mol. The van der Waals surface area contributed by atoms with Crippen molar-refractivity contribution in [2.45, 2.75) is 19.5 Å². The van der Waals surface area contributed by atoms with Gasteiger partial charge in [-0.3, -0.25) is 14.9 Å². The van der Waals surface area contributed by atoms with Crippen LogP contribution in [0, 0.1) is 18.8 Å². The lowest BCUT2D eigenvalue weighted by atomic mass is 10.1. The summed E-state index contributed by atoms with van der Waals surface area (Å²) in [6.45, 7) is 2.31. The van der Waals surface area contributed by atoms with Crippen molar-refractivity contribution in [3.63, 3.8) is 0 Å². The molecule has 0 bridgehead atoms. The van der Waals surface area contributed by atoms with E-state index in [-0.39, 0.29) is 24.7 Å². The number of hydrogen-bond donors (Lipinski definition) is 3. The molecular weight excluding hydrogens is 386 g/mol. The average Bonchev–Trinajstić information content (AvgIpc) is 3.02. The van der Waals surface area contributed by atoms with Crippen LogP contribution < -0.4 is 21.1 Å². The molecule has 0 spiro atoms. The van der Waals surface area contributed by atoms with Crippen LogP contribution in [0.4, 0.5) is 10.6 Å². The molecular formula is C21H21N5O4. The van der Waals surface area contributed by atoms with E-state index in [0.717, 1.165) is 11.3 Å². The first kappa shape index (κ1) is 20.7. The second kappa shape index (κ2) is 8.96. The maximum absolute atomic E-state index is 12.8. The number of nitrogens with one attached hydrogen (secondary N) is 2. The number of nitrogens with two attached hydrogens (primary N) is 1. The summed E-state index contributed by atoms with van der Waals surface area (Å²) in [6.07, 6.45) is 0.269. The first-order valence-electron chi connectivity index (χ1n) is 9.12. The number of methoxy groups -OCH3 is 1. The topological polar surface area (TPSA) is 127 Å². The monoisotopic (exact) mass is 407 g/mol. The molecule has 0 saturated carbocycles. The van der Waals surface area contributed by atoms with E-state index in [4.69, 9.17) is 10.5 Å². The van der Waals surface area contributed by atoms with Crippen molar-refractivity contribution in [3.05, 3.63) is 52.7 Å². The van der Waals surface area contributed by atoms with E-state index in [1.807, 2.05) is 18.3 Å². The Hall–Kier alpha value is -4.06. The number of nitrogens with zero attached hydrogens (tertiary/aromatic N) is 2. The van der Waals surface area contributed by atoms with Crippen LogP contribution in [0.3, 0.4) is 0 Å². The number of hydrogen-bond acceptors (Lipinski definition) is 6. The van der Waals surface area contributed by atoms with Crippen molar-refractivity contribution in [2.24, 2.45) is 0 Å². The molecule has 30 heavy (non-hydrogen) atoms. The molecule has 2 heterocycles. The van der Waals surface area contributed by atoms with Crippen LogP contribution in [0.5, 0.6) is 5.75 Å². The number of nitrogen functional groups attached to an aromatic ring is 1. The Morgan fingerprint density at radius 3 is 2.90 bits per heavy atom. The number of anilines is 1. The molecule has 1 aliphatic heterocycles. The van der Waals surface area contributed by atoms with E-state index in [0.29, 0.717) is 23.4 Å². The molecule has 4 amide bonds. The number of ether oxygens (including phenoxy) is 1. The zero-order chi connectivity index (χ0) is 21.7. The smallest absolute Gasteiger partial charge is 0.322 e. The van der Waals surface area contributed by atoms with Gasteiger partial charge >= 0.3 is 6.03 Å². The maximum Gasteiger partial charge on any atom is 0.322 e. The SMILES string of the molecule is COc1ccc2c(c1)C(=O)N(C[C@@H](C#Cc1ccc(C)nc1N)NC(=O)NC=O)C2. The molecule has 2 aromatic rings. The number of amides is 4. The number of imide groups is 1. The van der Waals surface area contributed by atoms with Crippen molar-refractivity contribution in [1.82, 2.24) is 20.5 Å². The Morgan fingerprint density at radius 2 is 2.20 bits per heavy atom. The van der Waals surface area contributed by atoms with Crippen LogP contribution in [-0.2, 0) is 11.3 Å². The Bertz CT molecular complexity index is 1060. The van der Waals surface area contributed by atoms with Gasteiger partial charge in [0, 0.05) is 17.8 Å². The third-order valence-electron chi connectivity index (χ3n) is 4.54. The van der Waals surface area contributed by atoms with Crippen LogP contribution in [0.25, 0.3) is 0 Å². The van der Waals surface area contributed by atoms with Crippen LogP contribution >= 0.6 is 0 Å². The summed E-state index contributed by atoms with van der Waals surface area (Å²) in [6, 6.07) is 7.35. The number of urea groups is 1. The van der Waals surface area contributed by atoms with E-state index in [2.05, 4.69) is 22.1 Å². The minimum absolute atomic E-state index is 0.119. The molecule has 1 aromatic carbocycles. The first-order valence-corrected chi connectivity index (χ1v) is 9.12. The second-order valence-electron chi connectivity index (χ2n) is 6.65. The third-order valence-corrected chi connectivity index (χ3v) is 4.54. The van der Waals surface area contributed by atoms with Crippen LogP contribution in [0.2, 0.25) is 0 Å². The van der Waals surface area contributed by atoms with Gasteiger partial charge in [0.25, 0.3) is 5.91 Å². The molecule has 154 valence electrons. The predicted octanol–water partition coefficient (Wildman–Crippen LogP) is 0.813. The quantitative estimate of drug-likeness (QED) is 0.497. The highest BCUT2D eigenvalue weighted by Gasteiger charge is 2.29. The van der Waals surface area contributed by atoms with E-state index < -0.39 is 12.1 Å². The highest BCUT2D eigenvalue weighted by atomic mass is 16.5. The van der Waals surface area contributed by atoms with Crippen LogP contribution in [0.15, 0.2) is 30.3 Å². The van der Waals surface area contributed by atoms with Crippen molar-refractivity contribution in [3.8, 4) is 17.6 Å². The zero-order valence-corrected chi connectivity index (χ0v) is 16.6. The van der Waals surface area contributed by atoms with Crippen molar-refractivity contribution in [1.29, 1.82) is 0 Å². The van der Waals surface area contributed by atoms with E-state index in [1.165, 1.54) is 7.11 Å². The minimum atomic E-state index is -0.745.